The van der Waals surface area contributed by atoms with Gasteiger partial charge >= 0.3 is 6.03 Å². The largest absolute Gasteiger partial charge is 0.329 e. The van der Waals surface area contributed by atoms with Crippen LogP contribution in [0.3, 0.4) is 0 Å². The van der Waals surface area contributed by atoms with Crippen molar-refractivity contribution in [2.45, 2.75) is 13.0 Å². The second-order valence-electron chi connectivity index (χ2n) is 6.48. The van der Waals surface area contributed by atoms with E-state index in [9.17, 15) is 23.2 Å². The average Bonchev–Trinajstić information content (AvgIpc) is 2.97. The van der Waals surface area contributed by atoms with Crippen LogP contribution in [0, 0.1) is 18.6 Å². The molecular weight excluding hydrogens is 382 g/mol. The molecule has 2 aromatic carbocycles. The first-order valence-electron chi connectivity index (χ1n) is 8.61. The summed E-state index contributed by atoms with van der Waals surface area (Å²) in [4.78, 5) is 44.3. The number of halogens is 2. The number of H-pyrrole nitrogens is 1. The monoisotopic (exact) mass is 396 g/mol. The predicted molar refractivity (Wildman–Crippen MR) is 100 cm³/mol. The highest BCUT2D eigenvalue weighted by atomic mass is 19.1. The van der Waals surface area contributed by atoms with Crippen molar-refractivity contribution in [3.8, 4) is 11.3 Å². The molecule has 2 heterocycles. The molecule has 1 aliphatic rings. The van der Waals surface area contributed by atoms with Crippen LogP contribution in [0.25, 0.3) is 11.3 Å². The number of hydrogen-bond donors (Lipinski definition) is 2. The fraction of sp³-hybridized carbons (Fsp3) is 0.100. The molecule has 0 bridgehead atoms. The number of carbonyl (C=O) groups is 2. The first-order valence-corrected chi connectivity index (χ1v) is 8.61. The summed E-state index contributed by atoms with van der Waals surface area (Å²) in [7, 11) is 0. The Morgan fingerprint density at radius 2 is 1.72 bits per heavy atom. The summed E-state index contributed by atoms with van der Waals surface area (Å²) in [5.74, 6) is -1.78. The zero-order chi connectivity index (χ0) is 20.7. The van der Waals surface area contributed by atoms with E-state index in [-0.39, 0.29) is 16.8 Å². The van der Waals surface area contributed by atoms with Gasteiger partial charge < -0.3 is 10.3 Å². The van der Waals surface area contributed by atoms with Crippen molar-refractivity contribution in [3.05, 3.63) is 81.9 Å². The van der Waals surface area contributed by atoms with E-state index in [2.05, 4.69) is 15.3 Å². The standard InChI is InChI=1S/C20H14F2N4O3/c1-10-23-16(9-17(27)24-10)11-2-5-13(6-3-11)26-19(28)18(25-20(26)29)14-8-12(21)4-7-15(14)22/h2-9,18H,1H3,(H,25,29)(H,23,24,27). The summed E-state index contributed by atoms with van der Waals surface area (Å²) >= 11 is 0. The predicted octanol–water partition coefficient (Wildman–Crippen LogP) is 2.82. The molecular formula is C20H14F2N4O3. The molecule has 0 spiro atoms. The minimum absolute atomic E-state index is 0.245. The van der Waals surface area contributed by atoms with Gasteiger partial charge in [-0.3, -0.25) is 9.59 Å². The van der Waals surface area contributed by atoms with E-state index in [1.54, 1.807) is 19.1 Å². The lowest BCUT2D eigenvalue weighted by Crippen LogP contribution is -2.30. The number of benzene rings is 2. The number of amides is 3. The van der Waals surface area contributed by atoms with Gasteiger partial charge in [-0.1, -0.05) is 12.1 Å². The van der Waals surface area contributed by atoms with Crippen molar-refractivity contribution in [2.24, 2.45) is 0 Å². The third kappa shape index (κ3) is 3.38. The van der Waals surface area contributed by atoms with Gasteiger partial charge in [-0.15, -0.1) is 0 Å². The van der Waals surface area contributed by atoms with E-state index in [1.165, 1.54) is 18.2 Å². The molecule has 0 aliphatic carbocycles. The van der Waals surface area contributed by atoms with Gasteiger partial charge in [-0.2, -0.15) is 0 Å². The van der Waals surface area contributed by atoms with Crippen molar-refractivity contribution in [1.29, 1.82) is 0 Å². The van der Waals surface area contributed by atoms with Gasteiger partial charge in [0.05, 0.1) is 11.4 Å². The number of aromatic nitrogens is 2. The molecule has 146 valence electrons. The number of carbonyl (C=O) groups excluding carboxylic acids is 2. The summed E-state index contributed by atoms with van der Waals surface area (Å²) in [6.45, 7) is 1.65. The van der Waals surface area contributed by atoms with Crippen molar-refractivity contribution >= 4 is 17.6 Å². The smallest absolute Gasteiger partial charge is 0.321 e. The molecule has 3 amide bonds. The number of aromatic amines is 1. The fourth-order valence-electron chi connectivity index (χ4n) is 3.18. The molecule has 1 atom stereocenters. The van der Waals surface area contributed by atoms with Crippen LogP contribution in [0.2, 0.25) is 0 Å². The van der Waals surface area contributed by atoms with Gasteiger partial charge in [0.25, 0.3) is 11.5 Å². The average molecular weight is 396 g/mol. The zero-order valence-corrected chi connectivity index (χ0v) is 15.1. The van der Waals surface area contributed by atoms with E-state index in [1.807, 2.05) is 0 Å². The fourth-order valence-corrected chi connectivity index (χ4v) is 3.18. The number of rotatable bonds is 3. The molecule has 29 heavy (non-hydrogen) atoms. The molecule has 3 aromatic rings. The highest BCUT2D eigenvalue weighted by Crippen LogP contribution is 2.30. The highest BCUT2D eigenvalue weighted by Gasteiger charge is 2.41. The quantitative estimate of drug-likeness (QED) is 0.666. The van der Waals surface area contributed by atoms with Crippen LogP contribution in [-0.2, 0) is 4.79 Å². The van der Waals surface area contributed by atoms with Gasteiger partial charge in [-0.25, -0.2) is 23.5 Å². The molecule has 0 radical (unpaired) electrons. The van der Waals surface area contributed by atoms with Gasteiger partial charge in [-0.05, 0) is 37.3 Å². The second kappa shape index (κ2) is 6.93. The molecule has 1 saturated heterocycles. The van der Waals surface area contributed by atoms with Crippen LogP contribution in [0.15, 0.2) is 53.3 Å². The minimum Gasteiger partial charge on any atom is -0.321 e. The summed E-state index contributed by atoms with van der Waals surface area (Å²) in [6.07, 6.45) is 0. The van der Waals surface area contributed by atoms with Crippen LogP contribution >= 0.6 is 0 Å². The minimum atomic E-state index is -1.32. The molecule has 7 nitrogen and oxygen atoms in total. The third-order valence-electron chi connectivity index (χ3n) is 4.49. The van der Waals surface area contributed by atoms with Gasteiger partial charge in [0.1, 0.15) is 23.5 Å². The second-order valence-corrected chi connectivity index (χ2v) is 6.48. The van der Waals surface area contributed by atoms with Crippen LogP contribution < -0.4 is 15.8 Å². The lowest BCUT2D eigenvalue weighted by molar-refractivity contribution is -0.118. The first kappa shape index (κ1) is 18.5. The van der Waals surface area contributed by atoms with Crippen LogP contribution in [0.1, 0.15) is 17.4 Å². The number of nitrogens with zero attached hydrogens (tertiary/aromatic N) is 2. The molecule has 9 heteroatoms. The molecule has 0 saturated carbocycles. The summed E-state index contributed by atoms with van der Waals surface area (Å²) in [5.41, 5.74) is 0.755. The van der Waals surface area contributed by atoms with Crippen molar-refractivity contribution in [2.75, 3.05) is 4.90 Å². The first-order chi connectivity index (χ1) is 13.8. The van der Waals surface area contributed by atoms with E-state index in [0.717, 1.165) is 23.1 Å². The Morgan fingerprint density at radius 1 is 1.00 bits per heavy atom. The van der Waals surface area contributed by atoms with Gasteiger partial charge in [0.15, 0.2) is 0 Å². The van der Waals surface area contributed by atoms with E-state index in [0.29, 0.717) is 17.1 Å². The highest BCUT2D eigenvalue weighted by molar-refractivity contribution is 6.21. The molecule has 1 aromatic heterocycles. The summed E-state index contributed by atoms with van der Waals surface area (Å²) < 4.78 is 27.5. The maximum Gasteiger partial charge on any atom is 0.329 e. The lowest BCUT2D eigenvalue weighted by Gasteiger charge is -2.14. The number of imide groups is 1. The maximum atomic E-state index is 14.0. The Hall–Kier alpha value is -3.88. The number of hydrogen-bond acceptors (Lipinski definition) is 4. The Labute approximate surface area is 163 Å². The van der Waals surface area contributed by atoms with Crippen LogP contribution in [0.4, 0.5) is 19.3 Å². The van der Waals surface area contributed by atoms with Gasteiger partial charge in [0, 0.05) is 17.2 Å². The summed E-state index contributed by atoms with van der Waals surface area (Å²) in [5, 5.41) is 2.37. The van der Waals surface area contributed by atoms with Crippen LogP contribution in [-0.4, -0.2) is 21.9 Å². The number of aryl methyl sites for hydroxylation is 1. The van der Waals surface area contributed by atoms with Gasteiger partial charge in [0.2, 0.25) is 0 Å². The Balaban J connectivity index is 1.65. The van der Waals surface area contributed by atoms with E-state index >= 15 is 0 Å². The van der Waals surface area contributed by atoms with E-state index < -0.39 is 29.6 Å². The normalized spacial score (nSPS) is 16.2. The molecule has 4 rings (SSSR count). The Morgan fingerprint density at radius 3 is 2.41 bits per heavy atom. The Bertz CT molecular complexity index is 1190. The Kier molecular flexibility index (Phi) is 4.42. The van der Waals surface area contributed by atoms with E-state index in [4.69, 9.17) is 0 Å². The lowest BCUT2D eigenvalue weighted by atomic mass is 10.1. The molecule has 2 N–H and O–H groups in total. The SMILES string of the molecule is Cc1nc(-c2ccc(N3C(=O)NC(c4cc(F)ccc4F)C3=O)cc2)cc(=O)[nH]1. The van der Waals surface area contributed by atoms with Crippen molar-refractivity contribution in [1.82, 2.24) is 15.3 Å². The summed E-state index contributed by atoms with van der Waals surface area (Å²) in [6, 6.07) is 8.20. The number of nitrogens with one attached hydrogen (secondary N) is 2. The number of anilines is 1. The molecule has 1 aliphatic heterocycles. The van der Waals surface area contributed by atoms with Crippen molar-refractivity contribution < 1.29 is 18.4 Å². The topological polar surface area (TPSA) is 95.2 Å². The van der Waals surface area contributed by atoms with Crippen molar-refractivity contribution in [3.63, 3.8) is 0 Å². The number of urea groups is 1. The zero-order valence-electron chi connectivity index (χ0n) is 15.1. The molecule has 1 fully saturated rings. The molecule has 1 unspecified atom stereocenters. The van der Waals surface area contributed by atoms with Crippen LogP contribution in [0.5, 0.6) is 0 Å². The maximum absolute atomic E-state index is 14.0. The third-order valence-corrected chi connectivity index (χ3v) is 4.49.